The number of hydrogen-bond acceptors (Lipinski definition) is 3. The van der Waals surface area contributed by atoms with Gasteiger partial charge in [0.15, 0.2) is 0 Å². The number of nitrogens with two attached hydrogens (primary N) is 1. The molecular formula is C14H26N4. The van der Waals surface area contributed by atoms with Crippen LogP contribution in [0.4, 0.5) is 0 Å². The van der Waals surface area contributed by atoms with Gasteiger partial charge in [0.25, 0.3) is 0 Å². The van der Waals surface area contributed by atoms with Gasteiger partial charge >= 0.3 is 0 Å². The minimum Gasteiger partial charge on any atom is -0.330 e. The van der Waals surface area contributed by atoms with Crippen molar-refractivity contribution in [2.24, 2.45) is 18.7 Å². The van der Waals surface area contributed by atoms with Crippen molar-refractivity contribution in [3.63, 3.8) is 0 Å². The molecule has 0 radical (unpaired) electrons. The van der Waals surface area contributed by atoms with Crippen LogP contribution in [0.3, 0.4) is 0 Å². The van der Waals surface area contributed by atoms with Crippen LogP contribution in [0.25, 0.3) is 0 Å². The first kappa shape index (κ1) is 13.6. The lowest BCUT2D eigenvalue weighted by Crippen LogP contribution is -2.40. The van der Waals surface area contributed by atoms with Crippen LogP contribution < -0.4 is 5.73 Å². The standard InChI is InChI=1S/C14H26N4/c1-4-18(14-7-5-6-12(14)9-15)10-13-8-11(2)16-17(13)3/h8,12,14H,4-7,9-10,15H2,1-3H3. The maximum absolute atomic E-state index is 5.90. The molecule has 2 N–H and O–H groups in total. The van der Waals surface area contributed by atoms with Crippen molar-refractivity contribution in [2.75, 3.05) is 13.1 Å². The molecule has 0 saturated heterocycles. The fourth-order valence-electron chi connectivity index (χ4n) is 3.26. The van der Waals surface area contributed by atoms with Crippen molar-refractivity contribution < 1.29 is 0 Å². The number of rotatable bonds is 5. The second-order valence-corrected chi connectivity index (χ2v) is 5.46. The normalized spacial score (nSPS) is 24.1. The highest BCUT2D eigenvalue weighted by Crippen LogP contribution is 2.30. The van der Waals surface area contributed by atoms with Gasteiger partial charge in [-0.2, -0.15) is 5.10 Å². The first-order chi connectivity index (χ1) is 8.65. The molecule has 1 fully saturated rings. The summed E-state index contributed by atoms with van der Waals surface area (Å²) in [7, 11) is 2.03. The zero-order valence-electron chi connectivity index (χ0n) is 11.9. The molecule has 2 atom stereocenters. The molecule has 1 aromatic rings. The Bertz CT molecular complexity index is 385. The summed E-state index contributed by atoms with van der Waals surface area (Å²) in [6, 6.07) is 2.85. The van der Waals surface area contributed by atoms with Gasteiger partial charge in [-0.1, -0.05) is 13.3 Å². The van der Waals surface area contributed by atoms with Crippen molar-refractivity contribution in [3.05, 3.63) is 17.5 Å². The van der Waals surface area contributed by atoms with E-state index in [0.29, 0.717) is 12.0 Å². The van der Waals surface area contributed by atoms with E-state index >= 15 is 0 Å². The molecule has 1 aromatic heterocycles. The maximum Gasteiger partial charge on any atom is 0.0597 e. The Morgan fingerprint density at radius 2 is 2.28 bits per heavy atom. The van der Waals surface area contributed by atoms with Crippen LogP contribution >= 0.6 is 0 Å². The number of aryl methyl sites for hydroxylation is 2. The summed E-state index contributed by atoms with van der Waals surface area (Å²) in [5, 5.41) is 4.43. The highest BCUT2D eigenvalue weighted by Gasteiger charge is 2.30. The Kier molecular flexibility index (Phi) is 4.40. The quantitative estimate of drug-likeness (QED) is 0.865. The smallest absolute Gasteiger partial charge is 0.0597 e. The van der Waals surface area contributed by atoms with Crippen LogP contribution in [0.2, 0.25) is 0 Å². The molecule has 1 heterocycles. The van der Waals surface area contributed by atoms with Crippen molar-refractivity contribution >= 4 is 0 Å². The summed E-state index contributed by atoms with van der Waals surface area (Å²) in [5.41, 5.74) is 8.30. The lowest BCUT2D eigenvalue weighted by Gasteiger charge is -2.31. The molecule has 0 aliphatic heterocycles. The molecule has 18 heavy (non-hydrogen) atoms. The Hall–Kier alpha value is -0.870. The van der Waals surface area contributed by atoms with Crippen molar-refractivity contribution in [1.29, 1.82) is 0 Å². The van der Waals surface area contributed by atoms with E-state index in [-0.39, 0.29) is 0 Å². The third-order valence-corrected chi connectivity index (χ3v) is 4.26. The topological polar surface area (TPSA) is 47.1 Å². The van der Waals surface area contributed by atoms with Crippen LogP contribution in [0.5, 0.6) is 0 Å². The van der Waals surface area contributed by atoms with E-state index in [4.69, 9.17) is 5.73 Å². The lowest BCUT2D eigenvalue weighted by molar-refractivity contribution is 0.158. The molecule has 0 amide bonds. The molecule has 2 rings (SSSR count). The lowest BCUT2D eigenvalue weighted by atomic mass is 10.0. The van der Waals surface area contributed by atoms with Gasteiger partial charge in [-0.15, -0.1) is 0 Å². The third-order valence-electron chi connectivity index (χ3n) is 4.26. The number of aromatic nitrogens is 2. The summed E-state index contributed by atoms with van der Waals surface area (Å²) in [5.74, 6) is 0.680. The molecule has 1 aliphatic rings. The van der Waals surface area contributed by atoms with Crippen molar-refractivity contribution in [1.82, 2.24) is 14.7 Å². The maximum atomic E-state index is 5.90. The zero-order chi connectivity index (χ0) is 13.1. The van der Waals surface area contributed by atoms with Crippen molar-refractivity contribution in [2.45, 2.75) is 45.7 Å². The average Bonchev–Trinajstić information content (AvgIpc) is 2.92. The largest absolute Gasteiger partial charge is 0.330 e. The number of hydrogen-bond donors (Lipinski definition) is 1. The second kappa shape index (κ2) is 5.85. The minimum absolute atomic E-state index is 0.662. The minimum atomic E-state index is 0.662. The van der Waals surface area contributed by atoms with Crippen LogP contribution in [0.15, 0.2) is 6.07 Å². The Balaban J connectivity index is 2.07. The summed E-state index contributed by atoms with van der Waals surface area (Å²) in [4.78, 5) is 2.57. The molecule has 0 aromatic carbocycles. The highest BCUT2D eigenvalue weighted by molar-refractivity contribution is 5.08. The summed E-state index contributed by atoms with van der Waals surface area (Å²) < 4.78 is 2.00. The van der Waals surface area contributed by atoms with Gasteiger partial charge in [0.05, 0.1) is 11.4 Å². The summed E-state index contributed by atoms with van der Waals surface area (Å²) >= 11 is 0. The molecule has 4 heteroatoms. The second-order valence-electron chi connectivity index (χ2n) is 5.46. The molecule has 1 aliphatic carbocycles. The number of nitrogens with zero attached hydrogens (tertiary/aromatic N) is 3. The molecule has 4 nitrogen and oxygen atoms in total. The van der Waals surface area contributed by atoms with E-state index in [0.717, 1.165) is 25.3 Å². The van der Waals surface area contributed by atoms with Crippen LogP contribution in [-0.4, -0.2) is 33.8 Å². The SMILES string of the molecule is CCN(Cc1cc(C)nn1C)C1CCCC1CN. The van der Waals surface area contributed by atoms with E-state index in [2.05, 4.69) is 29.9 Å². The molecule has 0 spiro atoms. The predicted octanol–water partition coefficient (Wildman–Crippen LogP) is 1.68. The van der Waals surface area contributed by atoms with Crippen LogP contribution in [0.1, 0.15) is 37.6 Å². The van der Waals surface area contributed by atoms with E-state index < -0.39 is 0 Å². The predicted molar refractivity (Wildman–Crippen MR) is 74.2 cm³/mol. The Morgan fingerprint density at radius 3 is 2.83 bits per heavy atom. The van der Waals surface area contributed by atoms with E-state index in [1.54, 1.807) is 0 Å². The fourth-order valence-corrected chi connectivity index (χ4v) is 3.26. The fraction of sp³-hybridized carbons (Fsp3) is 0.786. The van der Waals surface area contributed by atoms with Gasteiger partial charge in [0.1, 0.15) is 0 Å². The highest BCUT2D eigenvalue weighted by atomic mass is 15.3. The first-order valence-electron chi connectivity index (χ1n) is 7.09. The first-order valence-corrected chi connectivity index (χ1v) is 7.09. The molecule has 2 unspecified atom stereocenters. The molecule has 102 valence electrons. The van der Waals surface area contributed by atoms with Gasteiger partial charge < -0.3 is 5.73 Å². The van der Waals surface area contributed by atoms with Gasteiger partial charge in [-0.25, -0.2) is 0 Å². The van der Waals surface area contributed by atoms with E-state index in [9.17, 15) is 0 Å². The van der Waals surface area contributed by atoms with E-state index in [1.807, 2.05) is 11.7 Å². The van der Waals surface area contributed by atoms with Gasteiger partial charge in [0, 0.05) is 19.6 Å². The zero-order valence-corrected chi connectivity index (χ0v) is 11.9. The van der Waals surface area contributed by atoms with Crippen LogP contribution in [0, 0.1) is 12.8 Å². The molecule has 0 bridgehead atoms. The summed E-state index contributed by atoms with van der Waals surface area (Å²) in [6.45, 7) is 7.21. The van der Waals surface area contributed by atoms with Crippen molar-refractivity contribution in [3.8, 4) is 0 Å². The van der Waals surface area contributed by atoms with Gasteiger partial charge in [-0.3, -0.25) is 9.58 Å². The monoisotopic (exact) mass is 250 g/mol. The molecular weight excluding hydrogens is 224 g/mol. The van der Waals surface area contributed by atoms with E-state index in [1.165, 1.54) is 25.0 Å². The Morgan fingerprint density at radius 1 is 1.50 bits per heavy atom. The van der Waals surface area contributed by atoms with Crippen LogP contribution in [-0.2, 0) is 13.6 Å². The summed E-state index contributed by atoms with van der Waals surface area (Å²) in [6.07, 6.45) is 3.92. The third kappa shape index (κ3) is 2.75. The average molecular weight is 250 g/mol. The van der Waals surface area contributed by atoms with Gasteiger partial charge in [0.2, 0.25) is 0 Å². The molecule has 1 saturated carbocycles. The van der Waals surface area contributed by atoms with Gasteiger partial charge in [-0.05, 0) is 44.8 Å². The Labute approximate surface area is 110 Å².